The molecular weight excluding hydrogens is 169 g/mol. The molecule has 0 unspecified atom stereocenters. The van der Waals surface area contributed by atoms with E-state index in [1.165, 1.54) is 0 Å². The molecule has 0 fully saturated rings. The molecule has 0 heterocycles. The largest absolute Gasteiger partial charge is 0.393 e. The second kappa shape index (κ2) is 6.31. The van der Waals surface area contributed by atoms with Crippen LogP contribution < -0.4 is 0 Å². The summed E-state index contributed by atoms with van der Waals surface area (Å²) >= 11 is 0. The van der Waals surface area contributed by atoms with Crippen molar-refractivity contribution in [1.82, 2.24) is 0 Å². The zero-order chi connectivity index (χ0) is 9.49. The van der Waals surface area contributed by atoms with Gasteiger partial charge < -0.3 is 20.4 Å². The first-order valence-corrected chi connectivity index (χ1v) is 6.34. The van der Waals surface area contributed by atoms with E-state index < -0.39 is 12.3 Å². The predicted molar refractivity (Wildman–Crippen MR) is 47.0 cm³/mol. The van der Waals surface area contributed by atoms with Crippen molar-refractivity contribution in [2.75, 3.05) is 32.8 Å². The number of aliphatic hydroxyl groups excluding tert-OH is 1. The fourth-order valence-electron chi connectivity index (χ4n) is 0.300. The highest BCUT2D eigenvalue weighted by Crippen LogP contribution is 2.45. The summed E-state index contributed by atoms with van der Waals surface area (Å²) in [5.74, 6) is 0. The Labute approximate surface area is 66.5 Å². The molecule has 0 amide bonds. The Morgan fingerprint density at radius 1 is 1.36 bits per heavy atom. The number of aliphatic hydroxyl groups is 1. The van der Waals surface area contributed by atoms with E-state index >= 15 is 0 Å². The van der Waals surface area contributed by atoms with Gasteiger partial charge in [0, 0.05) is 27.3 Å². The Bertz CT molecular complexity index is 108. The lowest BCUT2D eigenvalue weighted by Gasteiger charge is -2.07. The van der Waals surface area contributed by atoms with Crippen LogP contribution in [0.4, 0.5) is 0 Å². The smallest absolute Gasteiger partial charge is 0.0817 e. The van der Waals surface area contributed by atoms with Crippen molar-refractivity contribution < 1.29 is 10.2 Å². The van der Waals surface area contributed by atoms with Gasteiger partial charge in [0.25, 0.3) is 0 Å². The molecule has 11 heavy (non-hydrogen) atoms. The molecule has 68 valence electrons. The molecule has 0 atom stereocenters. The van der Waals surface area contributed by atoms with Gasteiger partial charge in [0.05, 0.1) is 17.9 Å². The highest BCUT2D eigenvalue weighted by atomic mass is 31.2. The monoisotopic (exact) mass is 183 g/mol. The molecule has 0 aliphatic rings. The summed E-state index contributed by atoms with van der Waals surface area (Å²) in [7, 11) is -0.666. The lowest BCUT2D eigenvalue weighted by Crippen LogP contribution is -1.96. The lowest BCUT2D eigenvalue weighted by atomic mass is 10.9. The first kappa shape index (κ1) is 13.2. The first-order valence-electron chi connectivity index (χ1n) is 3.02. The van der Waals surface area contributed by atoms with Crippen LogP contribution in [0.1, 0.15) is 0 Å². The summed E-state index contributed by atoms with van der Waals surface area (Å²) < 4.78 is 0. The summed E-state index contributed by atoms with van der Waals surface area (Å²) in [4.78, 5) is 8.25. The SMILES string of the molecule is C[P+](C)(C)CCO.O=[N+]([O-])[O-]. The van der Waals surface area contributed by atoms with Gasteiger partial charge in [0.2, 0.25) is 0 Å². The van der Waals surface area contributed by atoms with E-state index in [9.17, 15) is 0 Å². The predicted octanol–water partition coefficient (Wildman–Crippen LogP) is 0.647. The summed E-state index contributed by atoms with van der Waals surface area (Å²) in [6, 6.07) is 0. The average Bonchev–Trinajstić information content (AvgIpc) is 1.58. The lowest BCUT2D eigenvalue weighted by molar-refractivity contribution is -0.402. The van der Waals surface area contributed by atoms with Crippen molar-refractivity contribution in [3.8, 4) is 0 Å². The van der Waals surface area contributed by atoms with E-state index in [4.69, 9.17) is 20.4 Å². The van der Waals surface area contributed by atoms with Crippen molar-refractivity contribution in [3.63, 3.8) is 0 Å². The number of nitrogens with zero attached hydrogens (tertiary/aromatic N) is 1. The average molecular weight is 183 g/mol. The van der Waals surface area contributed by atoms with Crippen molar-refractivity contribution in [2.45, 2.75) is 0 Å². The van der Waals surface area contributed by atoms with E-state index in [2.05, 4.69) is 20.0 Å². The normalized spacial score (nSPS) is 9.82. The molecular formula is C5H14NO4P. The van der Waals surface area contributed by atoms with Crippen molar-refractivity contribution in [3.05, 3.63) is 15.3 Å². The van der Waals surface area contributed by atoms with Gasteiger partial charge in [-0.3, -0.25) is 0 Å². The summed E-state index contributed by atoms with van der Waals surface area (Å²) in [5, 5.41) is 23.2. The minimum absolute atomic E-state index is 0.358. The van der Waals surface area contributed by atoms with Crippen LogP contribution in [0.5, 0.6) is 0 Å². The molecule has 0 aliphatic heterocycles. The zero-order valence-electron chi connectivity index (χ0n) is 6.98. The molecule has 0 bridgehead atoms. The van der Waals surface area contributed by atoms with Crippen LogP contribution in [0.25, 0.3) is 0 Å². The number of rotatable bonds is 2. The van der Waals surface area contributed by atoms with Gasteiger partial charge in [-0.05, 0) is 0 Å². The van der Waals surface area contributed by atoms with E-state index in [0.29, 0.717) is 6.61 Å². The quantitative estimate of drug-likeness (QED) is 0.386. The fraction of sp³-hybridized carbons (Fsp3) is 1.00. The van der Waals surface area contributed by atoms with E-state index in [-0.39, 0.29) is 0 Å². The van der Waals surface area contributed by atoms with Crippen LogP contribution in [0.3, 0.4) is 0 Å². The summed E-state index contributed by atoms with van der Waals surface area (Å²) in [5.41, 5.74) is 0. The van der Waals surface area contributed by atoms with Crippen molar-refractivity contribution in [2.24, 2.45) is 0 Å². The summed E-state index contributed by atoms with van der Waals surface area (Å²) in [6.07, 6.45) is 1.01. The van der Waals surface area contributed by atoms with Gasteiger partial charge in [-0.25, -0.2) is 0 Å². The third-order valence-corrected chi connectivity index (χ3v) is 2.31. The molecule has 0 aromatic rings. The minimum Gasteiger partial charge on any atom is -0.393 e. The maximum Gasteiger partial charge on any atom is 0.0817 e. The molecule has 0 saturated heterocycles. The second-order valence-corrected chi connectivity index (χ2v) is 7.99. The third-order valence-electron chi connectivity index (χ3n) is 0.771. The van der Waals surface area contributed by atoms with Crippen LogP contribution in [0, 0.1) is 15.3 Å². The van der Waals surface area contributed by atoms with Crippen LogP contribution in [-0.4, -0.2) is 43.0 Å². The highest BCUT2D eigenvalue weighted by molar-refractivity contribution is 7.73. The molecule has 0 aromatic carbocycles. The number of hydrogen-bond acceptors (Lipinski definition) is 4. The zero-order valence-corrected chi connectivity index (χ0v) is 7.88. The maximum absolute atomic E-state index is 8.43. The second-order valence-electron chi connectivity index (χ2n) is 2.96. The maximum atomic E-state index is 8.43. The standard InChI is InChI=1S/C5H14OP.NO3/c1-7(2,3)5-4-6;2-1(3)4/h6H,4-5H2,1-3H3;/q+1;-1. The molecule has 1 N–H and O–H groups in total. The minimum atomic E-state index is -1.75. The molecule has 0 radical (unpaired) electrons. The van der Waals surface area contributed by atoms with E-state index in [1.54, 1.807) is 0 Å². The molecule has 5 nitrogen and oxygen atoms in total. The number of hydrogen-bond donors (Lipinski definition) is 1. The van der Waals surface area contributed by atoms with Crippen LogP contribution in [0.15, 0.2) is 0 Å². The van der Waals surface area contributed by atoms with Gasteiger partial charge in [-0.1, -0.05) is 0 Å². The van der Waals surface area contributed by atoms with Gasteiger partial charge in [0.15, 0.2) is 0 Å². The van der Waals surface area contributed by atoms with Crippen LogP contribution >= 0.6 is 7.26 Å². The van der Waals surface area contributed by atoms with E-state index in [0.717, 1.165) is 6.16 Å². The molecule has 0 aromatic heterocycles. The Kier molecular flexibility index (Phi) is 7.57. The molecule has 6 heteroatoms. The van der Waals surface area contributed by atoms with Crippen molar-refractivity contribution in [1.29, 1.82) is 0 Å². The third kappa shape index (κ3) is 42.9. The van der Waals surface area contributed by atoms with E-state index in [1.807, 2.05) is 0 Å². The molecule has 0 spiro atoms. The van der Waals surface area contributed by atoms with Crippen molar-refractivity contribution >= 4 is 7.26 Å². The Hall–Kier alpha value is -0.410. The van der Waals surface area contributed by atoms with Gasteiger partial charge in [0.1, 0.15) is 0 Å². The molecule has 0 aliphatic carbocycles. The van der Waals surface area contributed by atoms with Crippen LogP contribution in [0.2, 0.25) is 0 Å². The topological polar surface area (TPSA) is 86.4 Å². The van der Waals surface area contributed by atoms with Gasteiger partial charge in [-0.2, -0.15) is 0 Å². The van der Waals surface area contributed by atoms with Crippen LogP contribution in [-0.2, 0) is 0 Å². The Morgan fingerprint density at radius 3 is 1.64 bits per heavy atom. The fourth-order valence-corrected chi connectivity index (χ4v) is 0.900. The van der Waals surface area contributed by atoms with Gasteiger partial charge in [-0.15, -0.1) is 0 Å². The summed E-state index contributed by atoms with van der Waals surface area (Å²) in [6.45, 7) is 7.03. The Balaban J connectivity index is 0. The van der Waals surface area contributed by atoms with Gasteiger partial charge >= 0.3 is 0 Å². The molecule has 0 saturated carbocycles. The first-order chi connectivity index (χ1) is 4.79. The Morgan fingerprint density at radius 2 is 1.64 bits per heavy atom. The molecule has 0 rings (SSSR count). The highest BCUT2D eigenvalue weighted by Gasteiger charge is 2.14.